The average molecular weight is 470 g/mol. The molecule has 0 saturated carbocycles. The van der Waals surface area contributed by atoms with Gasteiger partial charge in [0.1, 0.15) is 11.5 Å². The molecule has 0 saturated heterocycles. The second kappa shape index (κ2) is 11.0. The molecule has 0 aromatic heterocycles. The van der Waals surface area contributed by atoms with E-state index in [0.29, 0.717) is 36.7 Å². The minimum atomic E-state index is -1.01. The number of carbonyl (C=O) groups excluding carboxylic acids is 3. The van der Waals surface area contributed by atoms with Crippen LogP contribution in [0.3, 0.4) is 0 Å². The lowest BCUT2D eigenvalue weighted by atomic mass is 9.87. The quantitative estimate of drug-likeness (QED) is 0.623. The van der Waals surface area contributed by atoms with Gasteiger partial charge >= 0.3 is 12.1 Å². The number of hydrogen-bond acceptors (Lipinski definition) is 7. The van der Waals surface area contributed by atoms with E-state index in [1.54, 1.807) is 30.2 Å². The molecule has 0 bridgehead atoms. The van der Waals surface area contributed by atoms with Gasteiger partial charge in [-0.1, -0.05) is 12.1 Å². The van der Waals surface area contributed by atoms with Gasteiger partial charge in [-0.3, -0.25) is 9.59 Å². The Kier molecular flexibility index (Phi) is 8.12. The Balaban J connectivity index is 2.11. The van der Waals surface area contributed by atoms with Crippen molar-refractivity contribution < 1.29 is 28.6 Å². The van der Waals surface area contributed by atoms with Gasteiger partial charge in [-0.25, -0.2) is 4.79 Å². The molecule has 9 nitrogen and oxygen atoms in total. The molecule has 0 spiro atoms. The number of nitrogens with one attached hydrogen (secondary N) is 1. The molecule has 2 aromatic rings. The van der Waals surface area contributed by atoms with Crippen molar-refractivity contribution in [1.82, 2.24) is 10.2 Å². The topological polar surface area (TPSA) is 97.4 Å². The highest BCUT2D eigenvalue weighted by molar-refractivity contribution is 6.00. The summed E-state index contributed by atoms with van der Waals surface area (Å²) >= 11 is 0. The van der Waals surface area contributed by atoms with Crippen LogP contribution in [0.1, 0.15) is 24.0 Å². The van der Waals surface area contributed by atoms with Crippen molar-refractivity contribution in [1.29, 1.82) is 0 Å². The summed E-state index contributed by atoms with van der Waals surface area (Å²) in [6, 6.07) is 12.5. The Bertz CT molecular complexity index is 1040. The van der Waals surface area contributed by atoms with E-state index in [1.165, 1.54) is 14.0 Å². The SMILES string of the molecule is CNC(=O)Oc1ccc2c(c1)CC(c1ccc(OC)cc1)C(OC(C)=O)C(=O)N2CCN(C)C. The largest absolute Gasteiger partial charge is 0.497 e. The second-order valence-electron chi connectivity index (χ2n) is 8.34. The van der Waals surface area contributed by atoms with Crippen LogP contribution in [-0.4, -0.2) is 70.3 Å². The Morgan fingerprint density at radius 2 is 1.79 bits per heavy atom. The highest BCUT2D eigenvalue weighted by atomic mass is 16.6. The minimum absolute atomic E-state index is 0.295. The third-order valence-corrected chi connectivity index (χ3v) is 5.68. The van der Waals surface area contributed by atoms with E-state index in [1.807, 2.05) is 43.3 Å². The number of amides is 2. The minimum Gasteiger partial charge on any atom is -0.497 e. The van der Waals surface area contributed by atoms with Crippen molar-refractivity contribution in [3.8, 4) is 11.5 Å². The lowest BCUT2D eigenvalue weighted by Gasteiger charge is -2.29. The van der Waals surface area contributed by atoms with E-state index < -0.39 is 24.1 Å². The number of rotatable bonds is 7. The normalized spacial score (nSPS) is 17.6. The summed E-state index contributed by atoms with van der Waals surface area (Å²) < 4.78 is 16.2. The lowest BCUT2D eigenvalue weighted by molar-refractivity contribution is -0.154. The van der Waals surface area contributed by atoms with Crippen LogP contribution in [0.15, 0.2) is 42.5 Å². The first kappa shape index (κ1) is 25.0. The summed E-state index contributed by atoms with van der Waals surface area (Å²) in [6.07, 6.45) is -1.20. The second-order valence-corrected chi connectivity index (χ2v) is 8.34. The first-order valence-electron chi connectivity index (χ1n) is 11.0. The van der Waals surface area contributed by atoms with Crippen molar-refractivity contribution in [3.63, 3.8) is 0 Å². The van der Waals surface area contributed by atoms with Crippen LogP contribution in [0, 0.1) is 0 Å². The molecule has 2 amide bonds. The first-order chi connectivity index (χ1) is 16.2. The molecule has 2 unspecified atom stereocenters. The lowest BCUT2D eigenvalue weighted by Crippen LogP contribution is -2.45. The smallest absolute Gasteiger partial charge is 0.412 e. The van der Waals surface area contributed by atoms with Crippen LogP contribution in [-0.2, 0) is 20.7 Å². The number of likely N-dealkylation sites (N-methyl/N-ethyl adjacent to an activating group) is 1. The van der Waals surface area contributed by atoms with Gasteiger partial charge in [-0.15, -0.1) is 0 Å². The number of hydrogen-bond donors (Lipinski definition) is 1. The predicted octanol–water partition coefficient (Wildman–Crippen LogP) is 2.58. The van der Waals surface area contributed by atoms with Crippen molar-refractivity contribution in [2.75, 3.05) is 46.2 Å². The maximum Gasteiger partial charge on any atom is 0.412 e. The van der Waals surface area contributed by atoms with Crippen molar-refractivity contribution in [2.24, 2.45) is 0 Å². The number of fused-ring (bicyclic) bond motifs is 1. The highest BCUT2D eigenvalue weighted by Gasteiger charge is 2.40. The van der Waals surface area contributed by atoms with Crippen LogP contribution >= 0.6 is 0 Å². The maximum absolute atomic E-state index is 13.8. The third-order valence-electron chi connectivity index (χ3n) is 5.68. The van der Waals surface area contributed by atoms with Gasteiger partial charge in [-0.2, -0.15) is 0 Å². The predicted molar refractivity (Wildman–Crippen MR) is 127 cm³/mol. The van der Waals surface area contributed by atoms with Gasteiger partial charge in [0.25, 0.3) is 5.91 Å². The van der Waals surface area contributed by atoms with E-state index in [4.69, 9.17) is 14.2 Å². The van der Waals surface area contributed by atoms with Crippen LogP contribution < -0.4 is 19.7 Å². The molecule has 0 radical (unpaired) electrons. The van der Waals surface area contributed by atoms with Gasteiger partial charge in [0.2, 0.25) is 0 Å². The van der Waals surface area contributed by atoms with Gasteiger partial charge in [-0.05, 0) is 62.0 Å². The van der Waals surface area contributed by atoms with Gasteiger partial charge < -0.3 is 29.3 Å². The fraction of sp³-hybridized carbons (Fsp3) is 0.400. The van der Waals surface area contributed by atoms with E-state index >= 15 is 0 Å². The Morgan fingerprint density at radius 3 is 2.38 bits per heavy atom. The number of ether oxygens (including phenoxy) is 3. The monoisotopic (exact) mass is 469 g/mol. The van der Waals surface area contributed by atoms with Gasteiger partial charge in [0.15, 0.2) is 6.10 Å². The summed E-state index contributed by atoms with van der Waals surface area (Å²) in [5.74, 6) is -0.226. The zero-order valence-electron chi connectivity index (χ0n) is 20.2. The summed E-state index contributed by atoms with van der Waals surface area (Å²) in [7, 11) is 6.91. The number of esters is 1. The molecular formula is C25H31N3O6. The maximum atomic E-state index is 13.8. The van der Waals surface area contributed by atoms with E-state index in [-0.39, 0.29) is 5.91 Å². The number of methoxy groups -OCH3 is 1. The molecule has 2 aromatic carbocycles. The molecule has 1 aliphatic rings. The van der Waals surface area contributed by atoms with Gasteiger partial charge in [0.05, 0.1) is 7.11 Å². The first-order valence-corrected chi connectivity index (χ1v) is 11.0. The third kappa shape index (κ3) is 5.85. The molecule has 9 heteroatoms. The zero-order chi connectivity index (χ0) is 24.8. The fourth-order valence-electron chi connectivity index (χ4n) is 3.98. The molecule has 1 aliphatic heterocycles. The molecule has 0 fully saturated rings. The summed E-state index contributed by atoms with van der Waals surface area (Å²) in [5, 5.41) is 2.43. The standard InChI is InChI=1S/C25H31N3O6/c1-16(29)33-23-21(17-6-8-19(32-5)9-7-17)15-18-14-20(34-25(31)26-2)10-11-22(18)28(24(23)30)13-12-27(3)4/h6-11,14,21,23H,12-13,15H2,1-5H3,(H,26,31). The van der Waals surface area contributed by atoms with Crippen LogP contribution in [0.4, 0.5) is 10.5 Å². The van der Waals surface area contributed by atoms with E-state index in [2.05, 4.69) is 5.32 Å². The average Bonchev–Trinajstić information content (AvgIpc) is 2.92. The molecule has 3 rings (SSSR count). The number of carbonyl (C=O) groups is 3. The van der Waals surface area contributed by atoms with Crippen molar-refractivity contribution in [3.05, 3.63) is 53.6 Å². The molecule has 34 heavy (non-hydrogen) atoms. The Hall–Kier alpha value is -3.59. The number of anilines is 1. The molecule has 2 atom stereocenters. The number of benzene rings is 2. The molecule has 182 valence electrons. The van der Waals surface area contributed by atoms with Crippen LogP contribution in [0.2, 0.25) is 0 Å². The van der Waals surface area contributed by atoms with Crippen LogP contribution in [0.5, 0.6) is 11.5 Å². The fourth-order valence-corrected chi connectivity index (χ4v) is 3.98. The molecule has 1 N–H and O–H groups in total. The molecule has 0 aliphatic carbocycles. The van der Waals surface area contributed by atoms with Crippen molar-refractivity contribution in [2.45, 2.75) is 25.4 Å². The van der Waals surface area contributed by atoms with E-state index in [0.717, 1.165) is 11.1 Å². The number of nitrogens with zero attached hydrogens (tertiary/aromatic N) is 2. The summed E-state index contributed by atoms with van der Waals surface area (Å²) in [6.45, 7) is 2.32. The van der Waals surface area contributed by atoms with Crippen molar-refractivity contribution >= 4 is 23.7 Å². The Morgan fingerprint density at radius 1 is 1.12 bits per heavy atom. The van der Waals surface area contributed by atoms with E-state index in [9.17, 15) is 14.4 Å². The summed E-state index contributed by atoms with van der Waals surface area (Å²) in [4.78, 5) is 41.2. The Labute approximate surface area is 199 Å². The highest BCUT2D eigenvalue weighted by Crippen LogP contribution is 2.38. The summed E-state index contributed by atoms with van der Waals surface area (Å²) in [5.41, 5.74) is 2.34. The molecular weight excluding hydrogens is 438 g/mol. The van der Waals surface area contributed by atoms with Gasteiger partial charge in [0, 0.05) is 38.7 Å². The van der Waals surface area contributed by atoms with Crippen LogP contribution in [0.25, 0.3) is 0 Å². The molecule has 1 heterocycles. The zero-order valence-corrected chi connectivity index (χ0v) is 20.2.